The minimum Gasteiger partial charge on any atom is -0.483 e. The third-order valence-electron chi connectivity index (χ3n) is 4.37. The first kappa shape index (κ1) is 17.6. The number of ether oxygens (including phenoxy) is 1. The second-order valence-electron chi connectivity index (χ2n) is 6.31. The lowest BCUT2D eigenvalue weighted by molar-refractivity contribution is -0.118. The molecule has 1 aliphatic rings. The van der Waals surface area contributed by atoms with Crippen LogP contribution >= 0.6 is 11.6 Å². The SMILES string of the molecule is Cc1cc(Cl)ccc1OCC(=O)Nc1ccccc1N1CCCCC1. The van der Waals surface area contributed by atoms with E-state index in [1.807, 2.05) is 31.2 Å². The number of benzene rings is 2. The molecule has 1 amide bonds. The fourth-order valence-electron chi connectivity index (χ4n) is 3.09. The summed E-state index contributed by atoms with van der Waals surface area (Å²) >= 11 is 5.94. The number of carbonyl (C=O) groups excluding carboxylic acids is 1. The van der Waals surface area contributed by atoms with Crippen molar-refractivity contribution in [3.8, 4) is 5.75 Å². The first-order valence-electron chi connectivity index (χ1n) is 8.66. The number of para-hydroxylation sites is 2. The van der Waals surface area contributed by atoms with Crippen LogP contribution in [0.2, 0.25) is 5.02 Å². The van der Waals surface area contributed by atoms with Crippen LogP contribution in [0.1, 0.15) is 24.8 Å². The van der Waals surface area contributed by atoms with Crippen LogP contribution in [-0.4, -0.2) is 25.6 Å². The third kappa shape index (κ3) is 4.67. The van der Waals surface area contributed by atoms with Gasteiger partial charge in [0.25, 0.3) is 5.91 Å². The van der Waals surface area contributed by atoms with Crippen molar-refractivity contribution in [2.75, 3.05) is 29.9 Å². The predicted molar refractivity (Wildman–Crippen MR) is 103 cm³/mol. The standard InChI is InChI=1S/C20H23ClN2O2/c1-15-13-16(21)9-10-19(15)25-14-20(24)22-17-7-3-4-8-18(17)23-11-5-2-6-12-23/h3-4,7-10,13H,2,5-6,11-12,14H2,1H3,(H,22,24). The molecule has 132 valence electrons. The van der Waals surface area contributed by atoms with E-state index >= 15 is 0 Å². The summed E-state index contributed by atoms with van der Waals surface area (Å²) in [5.74, 6) is 0.502. The Morgan fingerprint density at radius 2 is 1.92 bits per heavy atom. The maximum Gasteiger partial charge on any atom is 0.262 e. The highest BCUT2D eigenvalue weighted by atomic mass is 35.5. The summed E-state index contributed by atoms with van der Waals surface area (Å²) in [6.07, 6.45) is 3.67. The van der Waals surface area contributed by atoms with Crippen molar-refractivity contribution in [3.63, 3.8) is 0 Å². The first-order chi connectivity index (χ1) is 12.1. The molecule has 0 radical (unpaired) electrons. The highest BCUT2D eigenvalue weighted by Crippen LogP contribution is 2.28. The average Bonchev–Trinajstić information content (AvgIpc) is 2.62. The van der Waals surface area contributed by atoms with Gasteiger partial charge in [-0.15, -0.1) is 0 Å². The molecular formula is C20H23ClN2O2. The Kier molecular flexibility index (Phi) is 5.82. The van der Waals surface area contributed by atoms with E-state index in [2.05, 4.69) is 16.3 Å². The van der Waals surface area contributed by atoms with Crippen LogP contribution in [0.3, 0.4) is 0 Å². The fraction of sp³-hybridized carbons (Fsp3) is 0.350. The summed E-state index contributed by atoms with van der Waals surface area (Å²) in [7, 11) is 0. The highest BCUT2D eigenvalue weighted by Gasteiger charge is 2.15. The molecule has 25 heavy (non-hydrogen) atoms. The highest BCUT2D eigenvalue weighted by molar-refractivity contribution is 6.30. The lowest BCUT2D eigenvalue weighted by Gasteiger charge is -2.30. The topological polar surface area (TPSA) is 41.6 Å². The second kappa shape index (κ2) is 8.26. The molecule has 2 aromatic carbocycles. The molecule has 1 heterocycles. The molecule has 1 saturated heterocycles. The number of anilines is 2. The Morgan fingerprint density at radius 1 is 1.16 bits per heavy atom. The van der Waals surface area contributed by atoms with Crippen molar-refractivity contribution in [2.45, 2.75) is 26.2 Å². The minimum atomic E-state index is -0.168. The van der Waals surface area contributed by atoms with E-state index in [0.29, 0.717) is 10.8 Å². The Hall–Kier alpha value is -2.20. The molecule has 0 atom stereocenters. The third-order valence-corrected chi connectivity index (χ3v) is 4.61. The van der Waals surface area contributed by atoms with Crippen LogP contribution < -0.4 is 15.0 Å². The van der Waals surface area contributed by atoms with E-state index in [4.69, 9.17) is 16.3 Å². The van der Waals surface area contributed by atoms with Crippen LogP contribution in [0.4, 0.5) is 11.4 Å². The van der Waals surface area contributed by atoms with Crippen molar-refractivity contribution in [3.05, 3.63) is 53.1 Å². The zero-order valence-corrected chi connectivity index (χ0v) is 15.2. The number of hydrogen-bond donors (Lipinski definition) is 1. The van der Waals surface area contributed by atoms with Crippen LogP contribution in [-0.2, 0) is 4.79 Å². The Labute approximate surface area is 153 Å². The normalized spacial score (nSPS) is 14.2. The molecule has 0 aromatic heterocycles. The van der Waals surface area contributed by atoms with E-state index in [1.165, 1.54) is 19.3 Å². The molecule has 0 aliphatic carbocycles. The van der Waals surface area contributed by atoms with E-state index in [9.17, 15) is 4.79 Å². The first-order valence-corrected chi connectivity index (χ1v) is 9.04. The predicted octanol–water partition coefficient (Wildman–Crippen LogP) is 4.66. The van der Waals surface area contributed by atoms with Gasteiger partial charge in [0.05, 0.1) is 11.4 Å². The maximum absolute atomic E-state index is 12.3. The monoisotopic (exact) mass is 358 g/mol. The molecule has 0 saturated carbocycles. The van der Waals surface area contributed by atoms with Crippen molar-refractivity contribution in [1.29, 1.82) is 0 Å². The zero-order valence-electron chi connectivity index (χ0n) is 14.4. The van der Waals surface area contributed by atoms with Crippen molar-refractivity contribution < 1.29 is 9.53 Å². The molecule has 1 N–H and O–H groups in total. The molecule has 0 unspecified atom stereocenters. The molecule has 0 spiro atoms. The summed E-state index contributed by atoms with van der Waals surface area (Å²) in [6, 6.07) is 13.3. The molecule has 1 fully saturated rings. The van der Waals surface area contributed by atoms with Gasteiger partial charge in [-0.3, -0.25) is 4.79 Å². The zero-order chi connectivity index (χ0) is 17.6. The number of aryl methyl sites for hydroxylation is 1. The van der Waals surface area contributed by atoms with E-state index < -0.39 is 0 Å². The average molecular weight is 359 g/mol. The lowest BCUT2D eigenvalue weighted by Crippen LogP contribution is -2.31. The number of halogens is 1. The van der Waals surface area contributed by atoms with Crippen LogP contribution in [0.5, 0.6) is 5.75 Å². The van der Waals surface area contributed by atoms with Gasteiger partial charge in [0.1, 0.15) is 5.75 Å². The quantitative estimate of drug-likeness (QED) is 0.845. The molecular weight excluding hydrogens is 336 g/mol. The number of piperidine rings is 1. The number of amides is 1. The number of nitrogens with one attached hydrogen (secondary N) is 1. The Bertz CT molecular complexity index is 742. The number of carbonyl (C=O) groups is 1. The van der Waals surface area contributed by atoms with Gasteiger partial charge in [-0.2, -0.15) is 0 Å². The van der Waals surface area contributed by atoms with Gasteiger partial charge in [-0.1, -0.05) is 23.7 Å². The summed E-state index contributed by atoms with van der Waals surface area (Å²) in [6.45, 7) is 3.95. The fourth-order valence-corrected chi connectivity index (χ4v) is 3.32. The van der Waals surface area contributed by atoms with Crippen molar-refractivity contribution >= 4 is 28.9 Å². The summed E-state index contributed by atoms with van der Waals surface area (Å²) in [5.41, 5.74) is 2.83. The molecule has 5 heteroatoms. The number of rotatable bonds is 5. The van der Waals surface area contributed by atoms with Crippen molar-refractivity contribution in [2.24, 2.45) is 0 Å². The van der Waals surface area contributed by atoms with E-state index in [1.54, 1.807) is 12.1 Å². The molecule has 1 aliphatic heterocycles. The summed E-state index contributed by atoms with van der Waals surface area (Å²) in [4.78, 5) is 14.7. The smallest absolute Gasteiger partial charge is 0.262 e. The minimum absolute atomic E-state index is 0.0309. The summed E-state index contributed by atoms with van der Waals surface area (Å²) in [5, 5.41) is 3.63. The van der Waals surface area contributed by atoms with Gasteiger partial charge >= 0.3 is 0 Å². The largest absolute Gasteiger partial charge is 0.483 e. The van der Waals surface area contributed by atoms with Gasteiger partial charge in [-0.05, 0) is 62.1 Å². The number of hydrogen-bond acceptors (Lipinski definition) is 3. The molecule has 4 nitrogen and oxygen atoms in total. The lowest BCUT2D eigenvalue weighted by atomic mass is 10.1. The molecule has 0 bridgehead atoms. The van der Waals surface area contributed by atoms with E-state index in [0.717, 1.165) is 30.0 Å². The van der Waals surface area contributed by atoms with Gasteiger partial charge in [0, 0.05) is 18.1 Å². The van der Waals surface area contributed by atoms with Gasteiger partial charge in [0.15, 0.2) is 6.61 Å². The Balaban J connectivity index is 1.63. The van der Waals surface area contributed by atoms with Gasteiger partial charge in [0.2, 0.25) is 0 Å². The van der Waals surface area contributed by atoms with Gasteiger partial charge in [-0.25, -0.2) is 0 Å². The Morgan fingerprint density at radius 3 is 2.68 bits per heavy atom. The molecule has 2 aromatic rings. The van der Waals surface area contributed by atoms with Crippen molar-refractivity contribution in [1.82, 2.24) is 0 Å². The second-order valence-corrected chi connectivity index (χ2v) is 6.75. The summed E-state index contributed by atoms with van der Waals surface area (Å²) < 4.78 is 5.63. The molecule has 3 rings (SSSR count). The van der Waals surface area contributed by atoms with Crippen LogP contribution in [0.15, 0.2) is 42.5 Å². The van der Waals surface area contributed by atoms with E-state index in [-0.39, 0.29) is 12.5 Å². The number of nitrogens with zero attached hydrogens (tertiary/aromatic N) is 1. The van der Waals surface area contributed by atoms with Crippen LogP contribution in [0.25, 0.3) is 0 Å². The van der Waals surface area contributed by atoms with Crippen LogP contribution in [0, 0.1) is 6.92 Å². The maximum atomic E-state index is 12.3. The van der Waals surface area contributed by atoms with Gasteiger partial charge < -0.3 is 15.0 Å².